The molecule has 2 aromatic carbocycles. The van der Waals surface area contributed by atoms with Crippen molar-refractivity contribution in [2.24, 2.45) is 11.8 Å². The monoisotopic (exact) mass is 687 g/mol. The van der Waals surface area contributed by atoms with E-state index in [-0.39, 0.29) is 24.5 Å². The molecule has 0 bridgehead atoms. The van der Waals surface area contributed by atoms with Crippen molar-refractivity contribution in [2.75, 3.05) is 40.5 Å². The summed E-state index contributed by atoms with van der Waals surface area (Å²) in [5.74, 6) is 3.52. The van der Waals surface area contributed by atoms with E-state index in [2.05, 4.69) is 29.7 Å². The summed E-state index contributed by atoms with van der Waals surface area (Å²) in [6.45, 7) is 2.93. The van der Waals surface area contributed by atoms with Gasteiger partial charge < -0.3 is 29.4 Å². The molecule has 0 amide bonds. The van der Waals surface area contributed by atoms with Gasteiger partial charge in [0.2, 0.25) is 0 Å². The second-order valence-corrected chi connectivity index (χ2v) is 15.0. The maximum Gasteiger partial charge on any atom is 0.316 e. The van der Waals surface area contributed by atoms with Crippen LogP contribution in [0.25, 0.3) is 10.8 Å². The van der Waals surface area contributed by atoms with Gasteiger partial charge in [-0.1, -0.05) is 82.1 Å². The van der Waals surface area contributed by atoms with E-state index in [9.17, 15) is 5.11 Å². The molecule has 274 valence electrons. The van der Waals surface area contributed by atoms with Crippen molar-refractivity contribution in [1.82, 2.24) is 15.3 Å². The Bertz CT molecular complexity index is 1470. The van der Waals surface area contributed by atoms with Crippen LogP contribution in [0.3, 0.4) is 0 Å². The van der Waals surface area contributed by atoms with Crippen LogP contribution in [0, 0.1) is 11.8 Å². The zero-order valence-electron chi connectivity index (χ0n) is 30.7. The molecule has 1 saturated heterocycles. The molecule has 8 nitrogen and oxygen atoms in total. The van der Waals surface area contributed by atoms with Crippen LogP contribution in [0.1, 0.15) is 131 Å². The summed E-state index contributed by atoms with van der Waals surface area (Å²) in [5, 5.41) is 15.6. The normalized spacial score (nSPS) is 21.3. The molecule has 2 saturated carbocycles. The standard InChI is InChI=1S/C42H61N3O5/c1-47-38-26-32(41(48-2)36-20-10-9-19-34(36)38)29-50-39-28-43-23-22-35(39)37-27-44-42(49-25-12-11-16-30-14-5-3-6-15-30)45-40(37)33(21-13-24-46)31-17-7-4-8-18-31/h9-10,19-20,26-27,30-31,33,35,39,43,46H,3-8,11-18,21-25,28-29H2,1-2H3. The van der Waals surface area contributed by atoms with E-state index in [4.69, 9.17) is 28.9 Å². The Morgan fingerprint density at radius 1 is 0.900 bits per heavy atom. The van der Waals surface area contributed by atoms with E-state index in [1.54, 1.807) is 14.2 Å². The fourth-order valence-electron chi connectivity index (χ4n) is 9.10. The van der Waals surface area contributed by atoms with Gasteiger partial charge in [0.1, 0.15) is 11.5 Å². The number of fused-ring (bicyclic) bond motifs is 1. The molecule has 1 aromatic heterocycles. The SMILES string of the molecule is COc1cc(COC2CNCCC2c2cnc(OCCCCC3CCCCC3)nc2C(CCCO)C2CCCCC2)c(OC)c2ccccc12. The highest BCUT2D eigenvalue weighted by molar-refractivity contribution is 5.94. The van der Waals surface area contributed by atoms with Crippen molar-refractivity contribution in [1.29, 1.82) is 0 Å². The molecular formula is C42H61N3O5. The molecule has 1 aliphatic heterocycles. The van der Waals surface area contributed by atoms with Gasteiger partial charge in [0, 0.05) is 47.5 Å². The summed E-state index contributed by atoms with van der Waals surface area (Å²) in [7, 11) is 3.44. The van der Waals surface area contributed by atoms with Crippen LogP contribution in [-0.2, 0) is 11.3 Å². The number of unbranched alkanes of at least 4 members (excludes halogenated alkanes) is 1. The molecule has 0 spiro atoms. The zero-order chi connectivity index (χ0) is 34.5. The molecule has 3 atom stereocenters. The Hall–Kier alpha value is -2.94. The van der Waals surface area contributed by atoms with E-state index in [1.807, 2.05) is 12.1 Å². The van der Waals surface area contributed by atoms with E-state index >= 15 is 0 Å². The number of methoxy groups -OCH3 is 2. The van der Waals surface area contributed by atoms with Crippen molar-refractivity contribution < 1.29 is 24.1 Å². The predicted octanol–water partition coefficient (Wildman–Crippen LogP) is 8.88. The highest BCUT2D eigenvalue weighted by atomic mass is 16.5. The number of ether oxygens (including phenoxy) is 4. The van der Waals surface area contributed by atoms with Crippen LogP contribution in [0.15, 0.2) is 36.5 Å². The number of aromatic nitrogens is 2. The molecule has 8 heteroatoms. The largest absolute Gasteiger partial charge is 0.496 e. The second-order valence-electron chi connectivity index (χ2n) is 15.0. The Morgan fingerprint density at radius 3 is 2.44 bits per heavy atom. The van der Waals surface area contributed by atoms with Gasteiger partial charge in [-0.15, -0.1) is 0 Å². The van der Waals surface area contributed by atoms with Crippen molar-refractivity contribution >= 4 is 10.8 Å². The number of nitrogens with zero attached hydrogens (tertiary/aromatic N) is 2. The van der Waals surface area contributed by atoms with Crippen LogP contribution in [0.2, 0.25) is 0 Å². The smallest absolute Gasteiger partial charge is 0.316 e. The minimum absolute atomic E-state index is 0.0651. The Balaban J connectivity index is 1.23. The summed E-state index contributed by atoms with van der Waals surface area (Å²) >= 11 is 0. The van der Waals surface area contributed by atoms with Gasteiger partial charge in [-0.2, -0.15) is 4.98 Å². The van der Waals surface area contributed by atoms with Crippen LogP contribution in [-0.4, -0.2) is 61.7 Å². The Kier molecular flexibility index (Phi) is 14.0. The third-order valence-electron chi connectivity index (χ3n) is 11.8. The lowest BCUT2D eigenvalue weighted by Gasteiger charge is -2.36. The van der Waals surface area contributed by atoms with E-state index in [0.29, 0.717) is 25.1 Å². The van der Waals surface area contributed by atoms with Crippen LogP contribution >= 0.6 is 0 Å². The number of rotatable bonds is 17. The topological polar surface area (TPSA) is 95.0 Å². The minimum atomic E-state index is -0.0651. The molecule has 3 aromatic rings. The first-order valence-electron chi connectivity index (χ1n) is 19.8. The molecule has 2 N–H and O–H groups in total. The number of piperidine rings is 1. The number of benzene rings is 2. The Labute approximate surface area is 300 Å². The van der Waals surface area contributed by atoms with Crippen LogP contribution < -0.4 is 19.5 Å². The second kappa shape index (κ2) is 19.1. The number of aliphatic hydroxyl groups is 1. The quantitative estimate of drug-likeness (QED) is 0.136. The van der Waals surface area contributed by atoms with Gasteiger partial charge in [-0.05, 0) is 75.0 Å². The Morgan fingerprint density at radius 2 is 1.68 bits per heavy atom. The third kappa shape index (κ3) is 9.29. The van der Waals surface area contributed by atoms with E-state index in [1.165, 1.54) is 82.6 Å². The molecule has 3 fully saturated rings. The molecule has 6 rings (SSSR count). The maximum atomic E-state index is 9.96. The number of nitrogens with one attached hydrogen (secondary N) is 1. The molecule has 3 unspecified atom stereocenters. The van der Waals surface area contributed by atoms with Crippen LogP contribution in [0.5, 0.6) is 17.5 Å². The fourth-order valence-corrected chi connectivity index (χ4v) is 9.10. The fraction of sp³-hybridized carbons (Fsp3) is 0.667. The average molecular weight is 688 g/mol. The molecule has 3 aliphatic rings. The first-order valence-corrected chi connectivity index (χ1v) is 19.8. The highest BCUT2D eigenvalue weighted by Gasteiger charge is 2.35. The molecule has 50 heavy (non-hydrogen) atoms. The van der Waals surface area contributed by atoms with E-state index in [0.717, 1.165) is 78.2 Å². The summed E-state index contributed by atoms with van der Waals surface area (Å²) in [5.41, 5.74) is 3.29. The van der Waals surface area contributed by atoms with Gasteiger partial charge in [0.15, 0.2) is 0 Å². The summed E-state index contributed by atoms with van der Waals surface area (Å²) in [6.07, 6.45) is 21.5. The molecule has 2 heterocycles. The number of hydrogen-bond donors (Lipinski definition) is 2. The molecule has 2 aliphatic carbocycles. The number of hydrogen-bond acceptors (Lipinski definition) is 8. The van der Waals surface area contributed by atoms with Gasteiger partial charge in [0.05, 0.1) is 39.2 Å². The van der Waals surface area contributed by atoms with Crippen molar-refractivity contribution in [3.05, 3.63) is 53.3 Å². The van der Waals surface area contributed by atoms with Crippen molar-refractivity contribution in [3.63, 3.8) is 0 Å². The zero-order valence-corrected chi connectivity index (χ0v) is 30.7. The van der Waals surface area contributed by atoms with Crippen LogP contribution in [0.4, 0.5) is 0 Å². The van der Waals surface area contributed by atoms with E-state index < -0.39 is 0 Å². The first-order chi connectivity index (χ1) is 24.7. The van der Waals surface area contributed by atoms with Gasteiger partial charge in [-0.25, -0.2) is 4.98 Å². The lowest BCUT2D eigenvalue weighted by Crippen LogP contribution is -2.41. The molecular weight excluding hydrogens is 626 g/mol. The average Bonchev–Trinajstić information content (AvgIpc) is 3.17. The third-order valence-corrected chi connectivity index (χ3v) is 11.8. The number of aliphatic hydroxyl groups excluding tert-OH is 1. The first kappa shape index (κ1) is 36.8. The lowest BCUT2D eigenvalue weighted by atomic mass is 9.73. The highest BCUT2D eigenvalue weighted by Crippen LogP contribution is 2.43. The molecule has 0 radical (unpaired) electrons. The van der Waals surface area contributed by atoms with Crippen molar-refractivity contribution in [2.45, 2.75) is 127 Å². The summed E-state index contributed by atoms with van der Waals surface area (Å²) in [6, 6.07) is 10.7. The lowest BCUT2D eigenvalue weighted by molar-refractivity contribution is 0.00923. The van der Waals surface area contributed by atoms with Gasteiger partial charge >= 0.3 is 6.01 Å². The predicted molar refractivity (Wildman–Crippen MR) is 199 cm³/mol. The maximum absolute atomic E-state index is 9.96. The van der Waals surface area contributed by atoms with Crippen molar-refractivity contribution in [3.8, 4) is 17.5 Å². The summed E-state index contributed by atoms with van der Waals surface area (Å²) in [4.78, 5) is 10.1. The minimum Gasteiger partial charge on any atom is -0.496 e. The van der Waals surface area contributed by atoms with Gasteiger partial charge in [0.25, 0.3) is 0 Å². The summed E-state index contributed by atoms with van der Waals surface area (Å²) < 4.78 is 24.9. The van der Waals surface area contributed by atoms with Gasteiger partial charge in [-0.3, -0.25) is 0 Å².